The number of rotatable bonds is 5. The number of nitrogens with two attached hydrogens (primary N) is 1. The number of hydrogen-bond donors (Lipinski definition) is 1. The molecule has 1 aromatic carbocycles. The highest BCUT2D eigenvalue weighted by atomic mass is 35.5. The van der Waals surface area contributed by atoms with Gasteiger partial charge in [-0.3, -0.25) is 0 Å². The number of alkyl halides is 2. The molecule has 0 saturated heterocycles. The van der Waals surface area contributed by atoms with Gasteiger partial charge in [0.05, 0.1) is 18.9 Å². The van der Waals surface area contributed by atoms with Crippen molar-refractivity contribution in [3.8, 4) is 5.75 Å². The lowest BCUT2D eigenvalue weighted by atomic mass is 10.2. The predicted molar refractivity (Wildman–Crippen MR) is 77.6 cm³/mol. The van der Waals surface area contributed by atoms with Crippen molar-refractivity contribution in [1.29, 1.82) is 0 Å². The summed E-state index contributed by atoms with van der Waals surface area (Å²) in [5.41, 5.74) is 5.53. The molecule has 0 atom stereocenters. The van der Waals surface area contributed by atoms with Crippen LogP contribution in [-0.2, 0) is 4.84 Å². The monoisotopic (exact) mass is 344 g/mol. The number of benzene rings is 1. The topological polar surface area (TPSA) is 91.7 Å². The molecule has 0 spiro atoms. The minimum atomic E-state index is -2.98. The summed E-state index contributed by atoms with van der Waals surface area (Å²) in [4.78, 5) is 16.3. The third-order valence-electron chi connectivity index (χ3n) is 2.73. The molecule has 0 amide bonds. The molecule has 0 saturated carbocycles. The van der Waals surface area contributed by atoms with Gasteiger partial charge in [-0.15, -0.1) is 0 Å². The quantitative estimate of drug-likeness (QED) is 0.389. The molecule has 0 bridgehead atoms. The van der Waals surface area contributed by atoms with E-state index in [2.05, 4.69) is 15.1 Å². The van der Waals surface area contributed by atoms with Crippen LogP contribution in [0.4, 0.5) is 8.78 Å². The number of halogens is 3. The summed E-state index contributed by atoms with van der Waals surface area (Å²) in [6.07, 6.45) is 1.04. The maximum absolute atomic E-state index is 12.6. The van der Waals surface area contributed by atoms with E-state index in [1.807, 2.05) is 0 Å². The van der Waals surface area contributed by atoms with Crippen LogP contribution < -0.4 is 10.5 Å². The molecule has 0 fully saturated rings. The fraction of sp³-hybridized carbons (Fsp3) is 0.154. The largest absolute Gasteiger partial charge is 0.496 e. The van der Waals surface area contributed by atoms with Gasteiger partial charge in [0.15, 0.2) is 11.5 Å². The van der Waals surface area contributed by atoms with Crippen LogP contribution in [0, 0.1) is 0 Å². The van der Waals surface area contributed by atoms with E-state index in [1.165, 1.54) is 13.2 Å². The van der Waals surface area contributed by atoms with E-state index >= 15 is 0 Å². The van der Waals surface area contributed by atoms with Gasteiger partial charge in [-0.05, 0) is 24.3 Å². The first-order chi connectivity index (χ1) is 10.9. The average Bonchev–Trinajstić information content (AvgIpc) is 3.02. The van der Waals surface area contributed by atoms with E-state index in [0.29, 0.717) is 10.8 Å². The number of hydrogen-bond acceptors (Lipinski definition) is 5. The van der Waals surface area contributed by atoms with Gasteiger partial charge in [0.1, 0.15) is 5.75 Å². The van der Waals surface area contributed by atoms with Gasteiger partial charge in [0.2, 0.25) is 0 Å². The highest BCUT2D eigenvalue weighted by Crippen LogP contribution is 2.22. The van der Waals surface area contributed by atoms with Crippen LogP contribution in [-0.4, -0.2) is 28.7 Å². The smallest absolute Gasteiger partial charge is 0.383 e. The highest BCUT2D eigenvalue weighted by molar-refractivity contribution is 6.31. The first-order valence-electron chi connectivity index (χ1n) is 6.14. The third-order valence-corrected chi connectivity index (χ3v) is 2.96. The van der Waals surface area contributed by atoms with Crippen LogP contribution in [0.25, 0.3) is 0 Å². The van der Waals surface area contributed by atoms with E-state index in [-0.39, 0.29) is 16.1 Å². The Hall–Kier alpha value is -2.68. The number of ether oxygens (including phenoxy) is 1. The second kappa shape index (κ2) is 7.05. The van der Waals surface area contributed by atoms with Crippen LogP contribution >= 0.6 is 11.6 Å². The average molecular weight is 345 g/mol. The Kier molecular flexibility index (Phi) is 5.12. The van der Waals surface area contributed by atoms with Crippen molar-refractivity contribution < 1.29 is 23.1 Å². The van der Waals surface area contributed by atoms with Crippen LogP contribution in [0.2, 0.25) is 5.02 Å². The van der Waals surface area contributed by atoms with Crippen molar-refractivity contribution >= 4 is 23.4 Å². The maximum atomic E-state index is 12.6. The standard InChI is InChI=1S/C13H11ClF2N4O3/c1-22-10-3-2-7(14)6-8(10)11(17)19-23-12(21)9-4-5-18-20(9)13(15)16/h2-6,13H,1H3,(H2,17,19). The summed E-state index contributed by atoms with van der Waals surface area (Å²) in [6, 6.07) is 5.65. The number of methoxy groups -OCH3 is 1. The van der Waals surface area contributed by atoms with Crippen LogP contribution in [0.3, 0.4) is 0 Å². The molecule has 0 unspecified atom stereocenters. The molecule has 0 radical (unpaired) electrons. The molecule has 2 aromatic rings. The van der Waals surface area contributed by atoms with Crippen molar-refractivity contribution in [3.63, 3.8) is 0 Å². The minimum absolute atomic E-state index is 0.202. The Bertz CT molecular complexity index is 749. The number of nitrogens with zero attached hydrogens (tertiary/aromatic N) is 3. The number of carbonyl (C=O) groups is 1. The summed E-state index contributed by atoms with van der Waals surface area (Å²) < 4.78 is 30.5. The number of oxime groups is 1. The molecule has 0 aliphatic heterocycles. The van der Waals surface area contributed by atoms with Crippen molar-refractivity contribution in [3.05, 3.63) is 46.7 Å². The van der Waals surface area contributed by atoms with Gasteiger partial charge in [0, 0.05) is 5.02 Å². The Morgan fingerprint density at radius 1 is 1.43 bits per heavy atom. The van der Waals surface area contributed by atoms with E-state index in [0.717, 1.165) is 12.3 Å². The number of carbonyl (C=O) groups excluding carboxylic acids is 1. The zero-order valence-corrected chi connectivity index (χ0v) is 12.5. The number of amidine groups is 1. The molecular weight excluding hydrogens is 334 g/mol. The second-order valence-corrected chi connectivity index (χ2v) is 4.57. The summed E-state index contributed by atoms with van der Waals surface area (Å²) in [6.45, 7) is -2.98. The van der Waals surface area contributed by atoms with E-state index in [9.17, 15) is 13.6 Å². The molecule has 10 heteroatoms. The Balaban J connectivity index is 2.21. The molecular formula is C13H11ClF2N4O3. The van der Waals surface area contributed by atoms with Crippen LogP contribution in [0.5, 0.6) is 5.75 Å². The third kappa shape index (κ3) is 3.75. The SMILES string of the molecule is COc1ccc(Cl)cc1/C(N)=N/OC(=O)c1ccnn1C(F)F. The summed E-state index contributed by atoms with van der Waals surface area (Å²) in [5, 5.41) is 7.09. The van der Waals surface area contributed by atoms with Gasteiger partial charge in [-0.25, -0.2) is 4.79 Å². The molecule has 0 aliphatic carbocycles. The fourth-order valence-corrected chi connectivity index (χ4v) is 1.87. The summed E-state index contributed by atoms with van der Waals surface area (Å²) >= 11 is 5.85. The van der Waals surface area contributed by atoms with Gasteiger partial charge >= 0.3 is 12.5 Å². The fourth-order valence-electron chi connectivity index (χ4n) is 1.70. The minimum Gasteiger partial charge on any atom is -0.496 e. The zero-order valence-electron chi connectivity index (χ0n) is 11.7. The summed E-state index contributed by atoms with van der Waals surface area (Å²) in [7, 11) is 1.41. The molecule has 7 nitrogen and oxygen atoms in total. The first kappa shape index (κ1) is 16.7. The molecule has 2 N–H and O–H groups in total. The molecule has 2 rings (SSSR count). The van der Waals surface area contributed by atoms with Crippen molar-refractivity contribution in [1.82, 2.24) is 9.78 Å². The van der Waals surface area contributed by atoms with Gasteiger partial charge in [0.25, 0.3) is 0 Å². The molecule has 0 aliphatic rings. The lowest BCUT2D eigenvalue weighted by molar-refractivity contribution is 0.0350. The lowest BCUT2D eigenvalue weighted by Gasteiger charge is -2.08. The van der Waals surface area contributed by atoms with Crippen molar-refractivity contribution in [2.24, 2.45) is 10.9 Å². The molecule has 1 aromatic heterocycles. The zero-order chi connectivity index (χ0) is 17.0. The number of aromatic nitrogens is 2. The summed E-state index contributed by atoms with van der Waals surface area (Å²) in [5.74, 6) is -0.989. The normalized spacial score (nSPS) is 11.6. The van der Waals surface area contributed by atoms with Gasteiger partial charge in [-0.2, -0.15) is 18.6 Å². The highest BCUT2D eigenvalue weighted by Gasteiger charge is 2.20. The van der Waals surface area contributed by atoms with E-state index in [4.69, 9.17) is 22.1 Å². The van der Waals surface area contributed by atoms with Gasteiger partial charge in [-0.1, -0.05) is 16.8 Å². The van der Waals surface area contributed by atoms with Gasteiger partial charge < -0.3 is 15.3 Å². The molecule has 1 heterocycles. The van der Waals surface area contributed by atoms with Crippen molar-refractivity contribution in [2.45, 2.75) is 6.55 Å². The van der Waals surface area contributed by atoms with Crippen LogP contribution in [0.1, 0.15) is 22.6 Å². The molecule has 23 heavy (non-hydrogen) atoms. The lowest BCUT2D eigenvalue weighted by Crippen LogP contribution is -2.18. The molecule has 122 valence electrons. The van der Waals surface area contributed by atoms with E-state index in [1.54, 1.807) is 12.1 Å². The Morgan fingerprint density at radius 2 is 2.17 bits per heavy atom. The predicted octanol–water partition coefficient (Wildman–Crippen LogP) is 2.42. The Morgan fingerprint density at radius 3 is 2.83 bits per heavy atom. The Labute approximate surface area is 134 Å². The first-order valence-corrected chi connectivity index (χ1v) is 6.52. The second-order valence-electron chi connectivity index (χ2n) is 4.14. The van der Waals surface area contributed by atoms with E-state index < -0.39 is 18.2 Å². The van der Waals surface area contributed by atoms with Crippen molar-refractivity contribution in [2.75, 3.05) is 7.11 Å². The van der Waals surface area contributed by atoms with Crippen LogP contribution in [0.15, 0.2) is 35.6 Å². The maximum Gasteiger partial charge on any atom is 0.383 e.